The van der Waals surface area contributed by atoms with Crippen molar-refractivity contribution in [3.05, 3.63) is 12.3 Å². The molecule has 0 radical (unpaired) electrons. The van der Waals surface area contributed by atoms with E-state index in [1.54, 1.807) is 12.3 Å². The summed E-state index contributed by atoms with van der Waals surface area (Å²) in [6.45, 7) is 14.5. The molecule has 0 aliphatic carbocycles. The summed E-state index contributed by atoms with van der Waals surface area (Å²) in [4.78, 5) is 12.7. The van der Waals surface area contributed by atoms with Crippen LogP contribution in [0, 0.1) is 0 Å². The molecule has 0 N–H and O–H groups in total. The Bertz CT molecular complexity index is 465. The third-order valence-electron chi connectivity index (χ3n) is 1.74. The van der Waals surface area contributed by atoms with Gasteiger partial charge in [-0.3, -0.25) is 0 Å². The van der Waals surface area contributed by atoms with Gasteiger partial charge >= 0.3 is 6.01 Å². The van der Waals surface area contributed by atoms with Gasteiger partial charge in [-0.05, 0) is 39.3 Å². The molecule has 0 saturated carbocycles. The Morgan fingerprint density at radius 2 is 1.74 bits per heavy atom. The Morgan fingerprint density at radius 3 is 2.26 bits per heavy atom. The van der Waals surface area contributed by atoms with E-state index in [1.165, 1.54) is 0 Å². The van der Waals surface area contributed by atoms with Crippen molar-refractivity contribution >= 4 is 28.4 Å². The lowest BCUT2D eigenvalue weighted by Gasteiger charge is -2.18. The maximum absolute atomic E-state index is 5.78. The van der Waals surface area contributed by atoms with Gasteiger partial charge in [0.05, 0.1) is 0 Å². The van der Waals surface area contributed by atoms with Crippen LogP contribution in [-0.4, -0.2) is 32.5 Å². The van der Waals surface area contributed by atoms with E-state index in [2.05, 4.69) is 54.2 Å². The van der Waals surface area contributed by atoms with Crippen LogP contribution < -0.4 is 4.43 Å². The molecule has 106 valence electrons. The first kappa shape index (κ1) is 15.8. The maximum atomic E-state index is 5.78. The predicted molar refractivity (Wildman–Crippen MR) is 83.2 cm³/mol. The molecule has 0 unspecified atom stereocenters. The second kappa shape index (κ2) is 5.83. The molecule has 0 atom stereocenters. The van der Waals surface area contributed by atoms with Crippen molar-refractivity contribution in [2.75, 3.05) is 0 Å². The van der Waals surface area contributed by atoms with Crippen LogP contribution in [0.25, 0.3) is 0 Å². The minimum absolute atomic E-state index is 0.390. The summed E-state index contributed by atoms with van der Waals surface area (Å²) in [6.07, 6.45) is 1.66. The fraction of sp³-hybridized carbons (Fsp3) is 0.583. The first-order valence-corrected chi connectivity index (χ1v) is 13.1. The second-order valence-electron chi connectivity index (χ2n) is 6.26. The Balaban J connectivity index is 2.85. The van der Waals surface area contributed by atoms with E-state index in [-0.39, 0.29) is 0 Å². The molecule has 0 aliphatic rings. The molecule has 1 heterocycles. The quantitative estimate of drug-likeness (QED) is 0.484. The average molecular weight is 298 g/mol. The molecule has 0 amide bonds. The lowest BCUT2D eigenvalue weighted by molar-refractivity contribution is 0.509. The van der Waals surface area contributed by atoms with E-state index in [9.17, 15) is 0 Å². The third kappa shape index (κ3) is 7.07. The molecule has 1 aromatic rings. The van der Waals surface area contributed by atoms with E-state index in [0.29, 0.717) is 17.7 Å². The van der Waals surface area contributed by atoms with Crippen molar-refractivity contribution in [2.24, 2.45) is 4.99 Å². The zero-order valence-electron chi connectivity index (χ0n) is 12.8. The fourth-order valence-electron chi connectivity index (χ4n) is 1.34. The highest BCUT2D eigenvalue weighted by molar-refractivity contribution is 6.71. The van der Waals surface area contributed by atoms with Gasteiger partial charge in [0.1, 0.15) is 0 Å². The van der Waals surface area contributed by atoms with Crippen molar-refractivity contribution in [3.63, 3.8) is 0 Å². The summed E-state index contributed by atoms with van der Waals surface area (Å²) in [5, 5.41) is 0. The van der Waals surface area contributed by atoms with Crippen LogP contribution in [0.1, 0.15) is 6.92 Å². The highest BCUT2D eigenvalue weighted by Crippen LogP contribution is 2.15. The average Bonchev–Trinajstić information content (AvgIpc) is 2.11. The van der Waals surface area contributed by atoms with Crippen molar-refractivity contribution in [1.29, 1.82) is 0 Å². The highest BCUT2D eigenvalue weighted by Gasteiger charge is 2.19. The monoisotopic (exact) mass is 297 g/mol. The van der Waals surface area contributed by atoms with E-state index >= 15 is 0 Å². The van der Waals surface area contributed by atoms with Crippen molar-refractivity contribution < 1.29 is 8.85 Å². The third-order valence-corrected chi connectivity index (χ3v) is 3.44. The standard InChI is InChI=1S/C12H23N3O2Si2/c1-10(16-18(2,3)4)14-11-8-9-13-12(15-11)17-19(5,6)7/h8-9H,1-7H3. The van der Waals surface area contributed by atoms with E-state index < -0.39 is 16.6 Å². The fourth-order valence-corrected chi connectivity index (χ4v) is 2.92. The SMILES string of the molecule is CC(=Nc1ccnc(O[Si](C)(C)C)n1)O[Si](C)(C)C. The summed E-state index contributed by atoms with van der Waals surface area (Å²) >= 11 is 0. The van der Waals surface area contributed by atoms with Gasteiger partial charge in [0.2, 0.25) is 16.6 Å². The molecule has 1 rings (SSSR count). The Hall–Kier alpha value is -1.22. The van der Waals surface area contributed by atoms with Crippen molar-refractivity contribution in [2.45, 2.75) is 46.2 Å². The number of hydrogen-bond acceptors (Lipinski definition) is 5. The molecule has 7 heteroatoms. The van der Waals surface area contributed by atoms with Crippen LogP contribution in [0.15, 0.2) is 17.3 Å². The number of nitrogens with zero attached hydrogens (tertiary/aromatic N) is 3. The number of aliphatic imine (C=N–C) groups is 1. The van der Waals surface area contributed by atoms with Crippen LogP contribution in [0.2, 0.25) is 39.3 Å². The predicted octanol–water partition coefficient (Wildman–Crippen LogP) is 3.59. The van der Waals surface area contributed by atoms with Gasteiger partial charge in [-0.15, -0.1) is 0 Å². The molecule has 0 fully saturated rings. The van der Waals surface area contributed by atoms with E-state index in [0.717, 1.165) is 0 Å². The van der Waals surface area contributed by atoms with Gasteiger partial charge < -0.3 is 8.85 Å². The molecular formula is C12H23N3O2Si2. The van der Waals surface area contributed by atoms with Crippen LogP contribution in [0.4, 0.5) is 5.82 Å². The Morgan fingerprint density at radius 1 is 1.11 bits per heavy atom. The molecule has 5 nitrogen and oxygen atoms in total. The molecule has 0 aromatic carbocycles. The first-order valence-electron chi connectivity index (χ1n) is 6.31. The number of aromatic nitrogens is 2. The largest absolute Gasteiger partial charge is 0.535 e. The molecule has 0 aliphatic heterocycles. The zero-order valence-corrected chi connectivity index (χ0v) is 14.8. The first-order chi connectivity index (χ1) is 8.55. The van der Waals surface area contributed by atoms with Gasteiger partial charge in [0.25, 0.3) is 0 Å². The molecule has 0 saturated heterocycles. The van der Waals surface area contributed by atoms with Gasteiger partial charge in [0.15, 0.2) is 11.7 Å². The maximum Gasteiger partial charge on any atom is 0.304 e. The zero-order chi connectivity index (χ0) is 14.7. The molecule has 0 bridgehead atoms. The van der Waals surface area contributed by atoms with Crippen LogP contribution in [0.3, 0.4) is 0 Å². The molecule has 0 spiro atoms. The van der Waals surface area contributed by atoms with E-state index in [4.69, 9.17) is 8.85 Å². The Labute approximate surface area is 117 Å². The molecule has 19 heavy (non-hydrogen) atoms. The van der Waals surface area contributed by atoms with Crippen LogP contribution in [-0.2, 0) is 4.43 Å². The van der Waals surface area contributed by atoms with Crippen molar-refractivity contribution in [1.82, 2.24) is 9.97 Å². The smallest absolute Gasteiger partial charge is 0.304 e. The molecule has 1 aromatic heterocycles. The van der Waals surface area contributed by atoms with Gasteiger partial charge in [-0.2, -0.15) is 9.98 Å². The minimum Gasteiger partial charge on any atom is -0.535 e. The lowest BCUT2D eigenvalue weighted by Crippen LogP contribution is -2.30. The Kier molecular flexibility index (Phi) is 4.86. The minimum atomic E-state index is -1.70. The summed E-state index contributed by atoms with van der Waals surface area (Å²) in [5.41, 5.74) is 0. The second-order valence-corrected chi connectivity index (χ2v) is 15.1. The summed E-state index contributed by atoms with van der Waals surface area (Å²) in [6, 6.07) is 2.13. The number of rotatable bonds is 4. The van der Waals surface area contributed by atoms with Gasteiger partial charge in [0, 0.05) is 19.2 Å². The number of hydrogen-bond donors (Lipinski definition) is 0. The summed E-state index contributed by atoms with van der Waals surface area (Å²) in [7, 11) is -3.32. The summed E-state index contributed by atoms with van der Waals surface area (Å²) in [5.74, 6) is 1.20. The van der Waals surface area contributed by atoms with Crippen molar-refractivity contribution in [3.8, 4) is 6.01 Å². The van der Waals surface area contributed by atoms with E-state index in [1.807, 2.05) is 6.92 Å². The summed E-state index contributed by atoms with van der Waals surface area (Å²) < 4.78 is 11.5. The highest BCUT2D eigenvalue weighted by atomic mass is 28.4. The van der Waals surface area contributed by atoms with Crippen LogP contribution >= 0.6 is 0 Å². The van der Waals surface area contributed by atoms with Crippen LogP contribution in [0.5, 0.6) is 6.01 Å². The topological polar surface area (TPSA) is 56.6 Å². The lowest BCUT2D eigenvalue weighted by atomic mass is 10.6. The van der Waals surface area contributed by atoms with Gasteiger partial charge in [-0.1, -0.05) is 0 Å². The van der Waals surface area contributed by atoms with Gasteiger partial charge in [-0.25, -0.2) is 4.98 Å². The normalized spacial score (nSPS) is 13.3. The molecular weight excluding hydrogens is 274 g/mol.